The van der Waals surface area contributed by atoms with Gasteiger partial charge in [-0.15, -0.1) is 0 Å². The summed E-state index contributed by atoms with van der Waals surface area (Å²) in [6, 6.07) is 2.97. The Morgan fingerprint density at radius 1 is 1.39 bits per heavy atom. The van der Waals surface area contributed by atoms with E-state index in [0.717, 1.165) is 18.5 Å². The van der Waals surface area contributed by atoms with Crippen LogP contribution in [0.1, 0.15) is 30.5 Å². The summed E-state index contributed by atoms with van der Waals surface area (Å²) in [5, 5.41) is 0. The molecule has 0 amide bonds. The number of nitrogens with zero attached hydrogens (tertiary/aromatic N) is 1. The molecule has 0 saturated heterocycles. The normalized spacial score (nSPS) is 12.8. The summed E-state index contributed by atoms with van der Waals surface area (Å²) in [6.45, 7) is 5.14. The number of benzene rings is 1. The molecule has 3 nitrogen and oxygen atoms in total. The first-order valence-corrected chi connectivity index (χ1v) is 6.25. The third kappa shape index (κ3) is 4.27. The van der Waals surface area contributed by atoms with E-state index in [1.165, 1.54) is 6.07 Å². The second-order valence-corrected chi connectivity index (χ2v) is 4.93. The Hall–Kier alpha value is -1.13. The van der Waals surface area contributed by atoms with Crippen molar-refractivity contribution in [1.29, 1.82) is 0 Å². The summed E-state index contributed by atoms with van der Waals surface area (Å²) in [5.41, 5.74) is 7.14. The summed E-state index contributed by atoms with van der Waals surface area (Å²) in [6.07, 6.45) is 0.932. The van der Waals surface area contributed by atoms with E-state index in [-0.39, 0.29) is 11.9 Å². The molecule has 1 atom stereocenters. The van der Waals surface area contributed by atoms with Gasteiger partial charge in [-0.3, -0.25) is 0 Å². The molecule has 1 aromatic carbocycles. The molecule has 0 aliphatic rings. The first-order chi connectivity index (χ1) is 8.41. The lowest BCUT2D eigenvalue weighted by molar-refractivity contribution is 0.278. The molecule has 102 valence electrons. The van der Waals surface area contributed by atoms with Gasteiger partial charge in [-0.2, -0.15) is 0 Å². The maximum absolute atomic E-state index is 13.5. The van der Waals surface area contributed by atoms with Crippen LogP contribution in [0, 0.1) is 12.7 Å². The molecule has 0 aliphatic carbocycles. The van der Waals surface area contributed by atoms with Gasteiger partial charge in [0.05, 0.1) is 6.61 Å². The maximum atomic E-state index is 13.5. The van der Waals surface area contributed by atoms with Crippen LogP contribution in [-0.2, 0) is 0 Å². The molecular weight excluding hydrogens is 231 g/mol. The van der Waals surface area contributed by atoms with E-state index in [1.54, 1.807) is 13.0 Å². The quantitative estimate of drug-likeness (QED) is 0.793. The summed E-state index contributed by atoms with van der Waals surface area (Å²) < 4.78 is 19.2. The Morgan fingerprint density at radius 3 is 2.61 bits per heavy atom. The minimum atomic E-state index is -0.233. The number of hydrogen-bond acceptors (Lipinski definition) is 3. The van der Waals surface area contributed by atoms with Crippen molar-refractivity contribution >= 4 is 0 Å². The van der Waals surface area contributed by atoms with Gasteiger partial charge >= 0.3 is 0 Å². The molecule has 2 N–H and O–H groups in total. The smallest absolute Gasteiger partial charge is 0.126 e. The van der Waals surface area contributed by atoms with Crippen molar-refractivity contribution in [2.75, 3.05) is 27.2 Å². The van der Waals surface area contributed by atoms with Crippen LogP contribution < -0.4 is 10.5 Å². The van der Waals surface area contributed by atoms with E-state index in [9.17, 15) is 4.39 Å². The fourth-order valence-corrected chi connectivity index (χ4v) is 1.71. The minimum Gasteiger partial charge on any atom is -0.493 e. The molecule has 0 fully saturated rings. The van der Waals surface area contributed by atoms with Gasteiger partial charge in [0.25, 0.3) is 0 Å². The van der Waals surface area contributed by atoms with Crippen LogP contribution >= 0.6 is 0 Å². The molecule has 0 radical (unpaired) electrons. The monoisotopic (exact) mass is 254 g/mol. The Morgan fingerprint density at radius 2 is 2.06 bits per heavy atom. The van der Waals surface area contributed by atoms with Crippen molar-refractivity contribution in [3.63, 3.8) is 0 Å². The minimum absolute atomic E-state index is 0.232. The number of halogens is 1. The molecule has 4 heteroatoms. The zero-order chi connectivity index (χ0) is 13.7. The zero-order valence-corrected chi connectivity index (χ0v) is 11.7. The van der Waals surface area contributed by atoms with Gasteiger partial charge in [0.1, 0.15) is 11.6 Å². The predicted molar refractivity (Wildman–Crippen MR) is 72.4 cm³/mol. The Bertz CT molecular complexity index is 392. The fraction of sp³-hybridized carbons (Fsp3) is 0.571. The maximum Gasteiger partial charge on any atom is 0.126 e. The van der Waals surface area contributed by atoms with Crippen LogP contribution in [0.3, 0.4) is 0 Å². The van der Waals surface area contributed by atoms with Crippen LogP contribution in [0.5, 0.6) is 5.75 Å². The van der Waals surface area contributed by atoms with Crippen molar-refractivity contribution in [3.8, 4) is 5.75 Å². The number of nitrogens with two attached hydrogens (primary N) is 1. The lowest BCUT2D eigenvalue weighted by atomic mass is 10.1. The molecule has 0 spiro atoms. The van der Waals surface area contributed by atoms with Crippen molar-refractivity contribution in [1.82, 2.24) is 4.90 Å². The van der Waals surface area contributed by atoms with E-state index in [1.807, 2.05) is 21.0 Å². The van der Waals surface area contributed by atoms with Crippen LogP contribution in [0.4, 0.5) is 4.39 Å². The molecule has 0 heterocycles. The lowest BCUT2D eigenvalue weighted by Crippen LogP contribution is -2.16. The second kappa shape index (κ2) is 6.71. The molecule has 0 bridgehead atoms. The van der Waals surface area contributed by atoms with Gasteiger partial charge in [-0.05, 0) is 52.1 Å². The highest BCUT2D eigenvalue weighted by Gasteiger charge is 2.12. The van der Waals surface area contributed by atoms with Crippen LogP contribution in [-0.4, -0.2) is 32.1 Å². The molecule has 0 aliphatic heterocycles. The van der Waals surface area contributed by atoms with Crippen LogP contribution in [0.15, 0.2) is 12.1 Å². The molecule has 1 rings (SSSR count). The summed E-state index contributed by atoms with van der Waals surface area (Å²) in [7, 11) is 4.05. The molecule has 1 aromatic rings. The number of hydrogen-bond donors (Lipinski definition) is 1. The van der Waals surface area contributed by atoms with Gasteiger partial charge < -0.3 is 15.4 Å². The van der Waals surface area contributed by atoms with Gasteiger partial charge in [-0.25, -0.2) is 4.39 Å². The van der Waals surface area contributed by atoms with E-state index >= 15 is 0 Å². The van der Waals surface area contributed by atoms with Gasteiger partial charge in [-0.1, -0.05) is 0 Å². The summed E-state index contributed by atoms with van der Waals surface area (Å²) in [5.74, 6) is 0.464. The third-order valence-electron chi connectivity index (χ3n) is 2.79. The van der Waals surface area contributed by atoms with Crippen molar-refractivity contribution in [3.05, 3.63) is 29.1 Å². The highest BCUT2D eigenvalue weighted by molar-refractivity contribution is 5.39. The number of ether oxygens (including phenoxy) is 1. The highest BCUT2D eigenvalue weighted by Crippen LogP contribution is 2.27. The van der Waals surface area contributed by atoms with Crippen molar-refractivity contribution in [2.45, 2.75) is 26.3 Å². The Labute approximate surface area is 109 Å². The van der Waals surface area contributed by atoms with E-state index in [2.05, 4.69) is 4.90 Å². The van der Waals surface area contributed by atoms with Gasteiger partial charge in [0.15, 0.2) is 0 Å². The average Bonchev–Trinajstić information content (AvgIpc) is 2.28. The lowest BCUT2D eigenvalue weighted by Gasteiger charge is -2.16. The molecule has 18 heavy (non-hydrogen) atoms. The van der Waals surface area contributed by atoms with Crippen LogP contribution in [0.25, 0.3) is 0 Å². The van der Waals surface area contributed by atoms with E-state index in [4.69, 9.17) is 10.5 Å². The van der Waals surface area contributed by atoms with Crippen molar-refractivity contribution < 1.29 is 9.13 Å². The number of aryl methyl sites for hydroxylation is 1. The molecule has 0 aromatic heterocycles. The third-order valence-corrected chi connectivity index (χ3v) is 2.79. The summed E-state index contributed by atoms with van der Waals surface area (Å²) in [4.78, 5) is 2.10. The molecule has 1 unspecified atom stereocenters. The largest absolute Gasteiger partial charge is 0.493 e. The van der Waals surface area contributed by atoms with Crippen LogP contribution in [0.2, 0.25) is 0 Å². The predicted octanol–water partition coefficient (Wildman–Crippen LogP) is 2.48. The Balaban J connectivity index is 2.71. The van der Waals surface area contributed by atoms with Gasteiger partial charge in [0.2, 0.25) is 0 Å². The highest BCUT2D eigenvalue weighted by atomic mass is 19.1. The van der Waals surface area contributed by atoms with Crippen molar-refractivity contribution in [2.24, 2.45) is 5.73 Å². The zero-order valence-electron chi connectivity index (χ0n) is 11.7. The van der Waals surface area contributed by atoms with Gasteiger partial charge in [0, 0.05) is 18.2 Å². The second-order valence-electron chi connectivity index (χ2n) is 4.93. The van der Waals surface area contributed by atoms with E-state index in [0.29, 0.717) is 17.9 Å². The SMILES string of the molecule is Cc1cc(OCCCN(C)C)c(C(C)N)cc1F. The Kier molecular flexibility index (Phi) is 5.56. The average molecular weight is 254 g/mol. The first-order valence-electron chi connectivity index (χ1n) is 6.25. The molecular formula is C14H23FN2O. The van der Waals surface area contributed by atoms with E-state index < -0.39 is 0 Å². The number of rotatable bonds is 6. The summed E-state index contributed by atoms with van der Waals surface area (Å²) >= 11 is 0. The first kappa shape index (κ1) is 14.9. The topological polar surface area (TPSA) is 38.5 Å². The standard InChI is InChI=1S/C14H23FN2O/c1-10-8-14(18-7-5-6-17(3)4)12(11(2)16)9-13(10)15/h8-9,11H,5-7,16H2,1-4H3. The fourth-order valence-electron chi connectivity index (χ4n) is 1.71. The molecule has 0 saturated carbocycles.